The van der Waals surface area contributed by atoms with Gasteiger partial charge in [0.2, 0.25) is 0 Å². The van der Waals surface area contributed by atoms with Crippen molar-refractivity contribution < 1.29 is 9.90 Å². The van der Waals surface area contributed by atoms with Gasteiger partial charge in [-0.25, -0.2) is 0 Å². The highest BCUT2D eigenvalue weighted by Crippen LogP contribution is 2.24. The third kappa shape index (κ3) is 2.23. The van der Waals surface area contributed by atoms with Crippen molar-refractivity contribution >= 4 is 29.0 Å². The molecule has 0 bridgehead atoms. The molecule has 0 aliphatic rings. The van der Waals surface area contributed by atoms with Crippen LogP contribution in [0.1, 0.15) is 16.1 Å². The zero-order valence-electron chi connectivity index (χ0n) is 9.49. The third-order valence-corrected chi connectivity index (χ3v) is 2.74. The molecule has 1 aromatic carbocycles. The van der Waals surface area contributed by atoms with Gasteiger partial charge in [-0.05, 0) is 25.1 Å². The maximum Gasteiger partial charge on any atom is 0.256 e. The monoisotopic (exact) mass is 266 g/mol. The molecule has 6 nitrogen and oxygen atoms in total. The van der Waals surface area contributed by atoms with Gasteiger partial charge in [-0.15, -0.1) is 0 Å². The second kappa shape index (κ2) is 4.58. The van der Waals surface area contributed by atoms with Crippen LogP contribution in [0.3, 0.4) is 0 Å². The van der Waals surface area contributed by atoms with Gasteiger partial charge in [-0.3, -0.25) is 9.89 Å². The molecule has 2 aromatic rings. The summed E-state index contributed by atoms with van der Waals surface area (Å²) in [6, 6.07) is 4.16. The van der Waals surface area contributed by atoms with E-state index >= 15 is 0 Å². The molecule has 1 amide bonds. The Kier molecular flexibility index (Phi) is 3.12. The lowest BCUT2D eigenvalue weighted by Crippen LogP contribution is -2.13. The molecule has 18 heavy (non-hydrogen) atoms. The van der Waals surface area contributed by atoms with Crippen LogP contribution < -0.4 is 11.1 Å². The summed E-state index contributed by atoms with van der Waals surface area (Å²) < 4.78 is 0. The summed E-state index contributed by atoms with van der Waals surface area (Å²) >= 11 is 5.72. The lowest BCUT2D eigenvalue weighted by atomic mass is 10.2. The molecule has 0 spiro atoms. The Morgan fingerprint density at radius 2 is 2.28 bits per heavy atom. The third-order valence-electron chi connectivity index (χ3n) is 2.44. The Labute approximate surface area is 108 Å². The van der Waals surface area contributed by atoms with E-state index in [2.05, 4.69) is 15.5 Å². The number of benzene rings is 1. The highest BCUT2D eigenvalue weighted by atomic mass is 35.5. The number of nitrogens with two attached hydrogens (primary N) is 1. The molecule has 0 saturated heterocycles. The molecule has 5 N–H and O–H groups in total. The second-order valence-electron chi connectivity index (χ2n) is 3.73. The minimum atomic E-state index is -0.407. The number of rotatable bonds is 2. The van der Waals surface area contributed by atoms with E-state index in [0.29, 0.717) is 16.9 Å². The van der Waals surface area contributed by atoms with Gasteiger partial charge in [0.1, 0.15) is 5.75 Å². The van der Waals surface area contributed by atoms with Gasteiger partial charge in [0, 0.05) is 5.56 Å². The first kappa shape index (κ1) is 12.3. The first-order chi connectivity index (χ1) is 8.49. The van der Waals surface area contributed by atoms with Crippen LogP contribution in [0, 0.1) is 6.92 Å². The number of phenols is 1. The molecule has 7 heteroatoms. The fourth-order valence-corrected chi connectivity index (χ4v) is 1.54. The Balaban J connectivity index is 2.22. The standard InChI is InChI=1S/C11H11ClN4O2/c1-5-9(13)10(16-15-5)14-11(18)6-2-3-8(17)7(12)4-6/h2-4,17H,13H2,1H3,(H2,14,15,16,18). The molecule has 0 atom stereocenters. The molecule has 0 unspecified atom stereocenters. The van der Waals surface area contributed by atoms with Crippen molar-refractivity contribution in [1.29, 1.82) is 0 Å². The van der Waals surface area contributed by atoms with Crippen molar-refractivity contribution in [3.05, 3.63) is 34.5 Å². The number of hydrogen-bond donors (Lipinski definition) is 4. The highest BCUT2D eigenvalue weighted by Gasteiger charge is 2.13. The number of aromatic amines is 1. The molecule has 0 radical (unpaired) electrons. The van der Waals surface area contributed by atoms with E-state index < -0.39 is 5.91 Å². The van der Waals surface area contributed by atoms with E-state index in [1.54, 1.807) is 6.92 Å². The zero-order chi connectivity index (χ0) is 13.3. The lowest BCUT2D eigenvalue weighted by molar-refractivity contribution is 0.102. The summed E-state index contributed by atoms with van der Waals surface area (Å²) in [5.74, 6) is -0.222. The number of nitrogens with one attached hydrogen (secondary N) is 2. The summed E-state index contributed by atoms with van der Waals surface area (Å²) in [5.41, 5.74) is 7.07. The van der Waals surface area contributed by atoms with Crippen molar-refractivity contribution in [3.8, 4) is 5.75 Å². The Morgan fingerprint density at radius 1 is 1.56 bits per heavy atom. The second-order valence-corrected chi connectivity index (χ2v) is 4.14. The van der Waals surface area contributed by atoms with Crippen LogP contribution in [-0.2, 0) is 0 Å². The van der Waals surface area contributed by atoms with Crippen molar-refractivity contribution in [2.24, 2.45) is 0 Å². The zero-order valence-corrected chi connectivity index (χ0v) is 10.2. The van der Waals surface area contributed by atoms with E-state index in [4.69, 9.17) is 17.3 Å². The minimum absolute atomic E-state index is 0.0802. The first-order valence-corrected chi connectivity index (χ1v) is 5.47. The van der Waals surface area contributed by atoms with Crippen molar-refractivity contribution in [2.45, 2.75) is 6.92 Å². The van der Waals surface area contributed by atoms with Gasteiger partial charge in [0.25, 0.3) is 5.91 Å². The molecule has 0 aliphatic carbocycles. The van der Waals surface area contributed by atoms with Gasteiger partial charge in [0.05, 0.1) is 16.4 Å². The molecule has 0 saturated carbocycles. The number of carbonyl (C=O) groups is 1. The maximum absolute atomic E-state index is 11.9. The number of hydrogen-bond acceptors (Lipinski definition) is 4. The van der Waals surface area contributed by atoms with Gasteiger partial charge >= 0.3 is 0 Å². The van der Waals surface area contributed by atoms with E-state index in [1.807, 2.05) is 0 Å². The summed E-state index contributed by atoms with van der Waals surface area (Å²) in [6.45, 7) is 1.75. The molecular weight excluding hydrogens is 256 g/mol. The van der Waals surface area contributed by atoms with Gasteiger partial charge in [-0.1, -0.05) is 11.6 Å². The van der Waals surface area contributed by atoms with E-state index in [0.717, 1.165) is 0 Å². The summed E-state index contributed by atoms with van der Waals surface area (Å²) in [4.78, 5) is 11.9. The SMILES string of the molecule is Cc1[nH]nc(NC(=O)c2ccc(O)c(Cl)c2)c1N. The Hall–Kier alpha value is -2.21. The predicted octanol–water partition coefficient (Wildman–Crippen LogP) is 1.91. The minimum Gasteiger partial charge on any atom is -0.506 e. The smallest absolute Gasteiger partial charge is 0.256 e. The largest absolute Gasteiger partial charge is 0.506 e. The average Bonchev–Trinajstić information content (AvgIpc) is 2.64. The molecule has 0 aliphatic heterocycles. The van der Waals surface area contributed by atoms with E-state index in [1.165, 1.54) is 18.2 Å². The van der Waals surface area contributed by atoms with Crippen LogP contribution in [0.5, 0.6) is 5.75 Å². The number of nitrogen functional groups attached to an aromatic ring is 1. The molecule has 0 fully saturated rings. The van der Waals surface area contributed by atoms with Gasteiger partial charge < -0.3 is 16.2 Å². The highest BCUT2D eigenvalue weighted by molar-refractivity contribution is 6.32. The quantitative estimate of drug-likeness (QED) is 0.666. The number of phenolic OH excluding ortho intramolecular Hbond substituents is 1. The number of carbonyl (C=O) groups excluding carboxylic acids is 1. The molecule has 1 heterocycles. The van der Waals surface area contributed by atoms with Crippen LogP contribution in [0.15, 0.2) is 18.2 Å². The number of amides is 1. The molecule has 94 valence electrons. The number of H-pyrrole nitrogens is 1. The predicted molar refractivity (Wildman–Crippen MR) is 68.8 cm³/mol. The molecule has 1 aromatic heterocycles. The van der Waals surface area contributed by atoms with Gasteiger partial charge in [0.15, 0.2) is 5.82 Å². The average molecular weight is 267 g/mol. The normalized spacial score (nSPS) is 10.3. The number of aromatic nitrogens is 2. The molecular formula is C11H11ClN4O2. The topological polar surface area (TPSA) is 104 Å². The van der Waals surface area contributed by atoms with Gasteiger partial charge in [-0.2, -0.15) is 5.10 Å². The number of nitrogens with zero attached hydrogens (tertiary/aromatic N) is 1. The van der Waals surface area contributed by atoms with Crippen LogP contribution in [-0.4, -0.2) is 21.2 Å². The van der Waals surface area contributed by atoms with Crippen LogP contribution in [0.25, 0.3) is 0 Å². The lowest BCUT2D eigenvalue weighted by Gasteiger charge is -2.04. The summed E-state index contributed by atoms with van der Waals surface area (Å²) in [5, 5.41) is 18.4. The maximum atomic E-state index is 11.9. The summed E-state index contributed by atoms with van der Waals surface area (Å²) in [6.07, 6.45) is 0. The van der Waals surface area contributed by atoms with Crippen LogP contribution in [0.4, 0.5) is 11.5 Å². The van der Waals surface area contributed by atoms with Crippen molar-refractivity contribution in [2.75, 3.05) is 11.1 Å². The number of aryl methyl sites for hydroxylation is 1. The summed E-state index contributed by atoms with van der Waals surface area (Å²) in [7, 11) is 0. The van der Waals surface area contributed by atoms with Crippen LogP contribution in [0.2, 0.25) is 5.02 Å². The number of halogens is 1. The first-order valence-electron chi connectivity index (χ1n) is 5.09. The van der Waals surface area contributed by atoms with Crippen LogP contribution >= 0.6 is 11.6 Å². The van der Waals surface area contributed by atoms with E-state index in [9.17, 15) is 9.90 Å². The van der Waals surface area contributed by atoms with Crippen molar-refractivity contribution in [3.63, 3.8) is 0 Å². The number of aromatic hydroxyl groups is 1. The van der Waals surface area contributed by atoms with E-state index in [-0.39, 0.29) is 16.6 Å². The number of anilines is 2. The molecule has 2 rings (SSSR count). The fourth-order valence-electron chi connectivity index (χ4n) is 1.36. The Morgan fingerprint density at radius 3 is 2.83 bits per heavy atom. The fraction of sp³-hybridized carbons (Fsp3) is 0.0909. The van der Waals surface area contributed by atoms with Crippen molar-refractivity contribution in [1.82, 2.24) is 10.2 Å². The Bertz CT molecular complexity index is 609.